The van der Waals surface area contributed by atoms with Crippen molar-refractivity contribution in [2.45, 2.75) is 0 Å². The van der Waals surface area contributed by atoms with Crippen molar-refractivity contribution in [1.82, 2.24) is 0 Å². The van der Waals surface area contributed by atoms with Crippen LogP contribution in [0.15, 0.2) is 46.9 Å². The average Bonchev–Trinajstić information content (AvgIpc) is 2.48. The standard InChI is InChI=1S/C15H10BrFN2O/c1-19(12-4-2-3-10(7-12)9-18)15(20)13-8-11(17)5-6-14(13)16/h2-8H,1H3. The first kappa shape index (κ1) is 14.2. The molecule has 0 atom stereocenters. The van der Waals surface area contributed by atoms with Crippen LogP contribution in [0.5, 0.6) is 0 Å². The summed E-state index contributed by atoms with van der Waals surface area (Å²) in [5, 5.41) is 8.87. The molecule has 0 fully saturated rings. The van der Waals surface area contributed by atoms with Crippen molar-refractivity contribution in [2.75, 3.05) is 11.9 Å². The van der Waals surface area contributed by atoms with E-state index in [1.54, 1.807) is 31.3 Å². The molecule has 20 heavy (non-hydrogen) atoms. The number of amides is 1. The Bertz CT molecular complexity index is 709. The first-order chi connectivity index (χ1) is 9.52. The van der Waals surface area contributed by atoms with Gasteiger partial charge >= 0.3 is 0 Å². The number of halogens is 2. The lowest BCUT2D eigenvalue weighted by Gasteiger charge is -2.18. The summed E-state index contributed by atoms with van der Waals surface area (Å²) in [4.78, 5) is 13.7. The van der Waals surface area contributed by atoms with E-state index in [4.69, 9.17) is 5.26 Å². The molecule has 0 radical (unpaired) electrons. The average molecular weight is 333 g/mol. The molecule has 2 aromatic carbocycles. The van der Waals surface area contributed by atoms with Gasteiger partial charge in [0, 0.05) is 17.2 Å². The maximum atomic E-state index is 13.3. The van der Waals surface area contributed by atoms with Gasteiger partial charge in [0.2, 0.25) is 0 Å². The van der Waals surface area contributed by atoms with Crippen LogP contribution < -0.4 is 4.90 Å². The predicted molar refractivity (Wildman–Crippen MR) is 78.0 cm³/mol. The van der Waals surface area contributed by atoms with E-state index in [0.717, 1.165) is 0 Å². The van der Waals surface area contributed by atoms with Gasteiger partial charge in [-0.3, -0.25) is 4.79 Å². The van der Waals surface area contributed by atoms with Crippen molar-refractivity contribution in [3.63, 3.8) is 0 Å². The number of carbonyl (C=O) groups is 1. The summed E-state index contributed by atoms with van der Waals surface area (Å²) in [6.07, 6.45) is 0. The van der Waals surface area contributed by atoms with Crippen LogP contribution in [0.3, 0.4) is 0 Å². The van der Waals surface area contributed by atoms with E-state index >= 15 is 0 Å². The summed E-state index contributed by atoms with van der Waals surface area (Å²) < 4.78 is 13.8. The number of nitriles is 1. The van der Waals surface area contributed by atoms with Crippen LogP contribution in [0.25, 0.3) is 0 Å². The molecule has 2 rings (SSSR count). The second kappa shape index (κ2) is 5.85. The van der Waals surface area contributed by atoms with E-state index in [9.17, 15) is 9.18 Å². The molecule has 100 valence electrons. The second-order valence-electron chi connectivity index (χ2n) is 4.15. The molecular weight excluding hydrogens is 323 g/mol. The van der Waals surface area contributed by atoms with Gasteiger partial charge in [-0.1, -0.05) is 6.07 Å². The van der Waals surface area contributed by atoms with Crippen molar-refractivity contribution < 1.29 is 9.18 Å². The van der Waals surface area contributed by atoms with Crippen LogP contribution in [-0.2, 0) is 0 Å². The minimum atomic E-state index is -0.476. The van der Waals surface area contributed by atoms with Gasteiger partial charge in [0.15, 0.2) is 0 Å². The molecule has 0 N–H and O–H groups in total. The Hall–Kier alpha value is -2.19. The normalized spacial score (nSPS) is 9.90. The van der Waals surface area contributed by atoms with Gasteiger partial charge in [0.05, 0.1) is 17.2 Å². The van der Waals surface area contributed by atoms with Crippen LogP contribution in [0.2, 0.25) is 0 Å². The van der Waals surface area contributed by atoms with E-state index in [-0.39, 0.29) is 11.5 Å². The van der Waals surface area contributed by atoms with E-state index in [1.165, 1.54) is 23.1 Å². The number of nitrogens with zero attached hydrogens (tertiary/aromatic N) is 2. The van der Waals surface area contributed by atoms with E-state index in [1.807, 2.05) is 6.07 Å². The number of benzene rings is 2. The summed E-state index contributed by atoms with van der Waals surface area (Å²) in [6.45, 7) is 0. The molecule has 0 aliphatic carbocycles. The van der Waals surface area contributed by atoms with Gasteiger partial charge in [0.1, 0.15) is 5.82 Å². The van der Waals surface area contributed by atoms with Crippen LogP contribution in [0.4, 0.5) is 10.1 Å². The fourth-order valence-corrected chi connectivity index (χ4v) is 2.16. The molecule has 0 bridgehead atoms. The largest absolute Gasteiger partial charge is 0.311 e. The molecule has 0 spiro atoms. The molecule has 0 aliphatic heterocycles. The molecule has 0 aliphatic rings. The van der Waals surface area contributed by atoms with Gasteiger partial charge in [-0.25, -0.2) is 4.39 Å². The SMILES string of the molecule is CN(C(=O)c1cc(F)ccc1Br)c1cccc(C#N)c1. The van der Waals surface area contributed by atoms with Crippen molar-refractivity contribution >= 4 is 27.5 Å². The van der Waals surface area contributed by atoms with Gasteiger partial charge in [-0.15, -0.1) is 0 Å². The lowest BCUT2D eigenvalue weighted by molar-refractivity contribution is 0.0992. The zero-order chi connectivity index (χ0) is 14.7. The highest BCUT2D eigenvalue weighted by molar-refractivity contribution is 9.10. The molecule has 1 amide bonds. The molecule has 0 heterocycles. The van der Waals surface area contributed by atoms with E-state index < -0.39 is 5.82 Å². The molecular formula is C15H10BrFN2O. The van der Waals surface area contributed by atoms with E-state index in [0.29, 0.717) is 15.7 Å². The Balaban J connectivity index is 2.37. The first-order valence-electron chi connectivity index (χ1n) is 5.76. The van der Waals surface area contributed by atoms with E-state index in [2.05, 4.69) is 15.9 Å². The van der Waals surface area contributed by atoms with Crippen molar-refractivity contribution in [2.24, 2.45) is 0 Å². The molecule has 3 nitrogen and oxygen atoms in total. The second-order valence-corrected chi connectivity index (χ2v) is 5.00. The smallest absolute Gasteiger partial charge is 0.259 e. The highest BCUT2D eigenvalue weighted by Gasteiger charge is 2.17. The van der Waals surface area contributed by atoms with Gasteiger partial charge in [-0.2, -0.15) is 5.26 Å². The van der Waals surface area contributed by atoms with Crippen molar-refractivity contribution in [1.29, 1.82) is 5.26 Å². The molecule has 2 aromatic rings. The Kier molecular flexibility index (Phi) is 4.16. The number of hydrogen-bond donors (Lipinski definition) is 0. The quantitative estimate of drug-likeness (QED) is 0.840. The molecule has 5 heteroatoms. The third-order valence-corrected chi connectivity index (χ3v) is 3.52. The Morgan fingerprint density at radius 2 is 2.05 bits per heavy atom. The molecule has 0 aromatic heterocycles. The Morgan fingerprint density at radius 3 is 2.75 bits per heavy atom. The highest BCUT2D eigenvalue weighted by atomic mass is 79.9. The van der Waals surface area contributed by atoms with Gasteiger partial charge in [0.25, 0.3) is 5.91 Å². The third kappa shape index (κ3) is 2.86. The zero-order valence-corrected chi connectivity index (χ0v) is 12.2. The third-order valence-electron chi connectivity index (χ3n) is 2.83. The number of rotatable bonds is 2. The fourth-order valence-electron chi connectivity index (χ4n) is 1.74. The van der Waals surface area contributed by atoms with Crippen LogP contribution in [0.1, 0.15) is 15.9 Å². The number of hydrogen-bond acceptors (Lipinski definition) is 2. The molecule has 0 saturated carbocycles. The number of carbonyl (C=O) groups excluding carboxylic acids is 1. The minimum Gasteiger partial charge on any atom is -0.311 e. The molecule has 0 saturated heterocycles. The summed E-state index contributed by atoms with van der Waals surface area (Å²) in [7, 11) is 1.58. The Labute approximate surface area is 124 Å². The lowest BCUT2D eigenvalue weighted by Crippen LogP contribution is -2.26. The Morgan fingerprint density at radius 1 is 1.30 bits per heavy atom. The van der Waals surface area contributed by atoms with Gasteiger partial charge in [-0.05, 0) is 52.3 Å². The zero-order valence-electron chi connectivity index (χ0n) is 10.6. The predicted octanol–water partition coefficient (Wildman–Crippen LogP) is 3.74. The first-order valence-corrected chi connectivity index (χ1v) is 6.55. The maximum absolute atomic E-state index is 13.3. The monoisotopic (exact) mass is 332 g/mol. The van der Waals surface area contributed by atoms with Crippen molar-refractivity contribution in [3.05, 3.63) is 63.9 Å². The van der Waals surface area contributed by atoms with Gasteiger partial charge < -0.3 is 4.90 Å². The summed E-state index contributed by atoms with van der Waals surface area (Å²) in [5.74, 6) is -0.831. The van der Waals surface area contributed by atoms with Crippen molar-refractivity contribution in [3.8, 4) is 6.07 Å². The maximum Gasteiger partial charge on any atom is 0.259 e. The molecule has 0 unspecified atom stereocenters. The summed E-state index contributed by atoms with van der Waals surface area (Å²) in [5.41, 5.74) is 1.26. The van der Waals surface area contributed by atoms with Crippen LogP contribution >= 0.6 is 15.9 Å². The minimum absolute atomic E-state index is 0.231. The summed E-state index contributed by atoms with van der Waals surface area (Å²) in [6, 6.07) is 12.6. The highest BCUT2D eigenvalue weighted by Crippen LogP contribution is 2.22. The number of anilines is 1. The fraction of sp³-hybridized carbons (Fsp3) is 0.0667. The summed E-state index contributed by atoms with van der Waals surface area (Å²) >= 11 is 3.23. The topological polar surface area (TPSA) is 44.1 Å². The van der Waals surface area contributed by atoms with Crippen LogP contribution in [0, 0.1) is 17.1 Å². The van der Waals surface area contributed by atoms with Crippen LogP contribution in [-0.4, -0.2) is 13.0 Å². The lowest BCUT2D eigenvalue weighted by atomic mass is 10.1.